The number of hydrogen-bond acceptors (Lipinski definition) is 2. The number of rotatable bonds is 4. The summed E-state index contributed by atoms with van der Waals surface area (Å²) in [5.74, 6) is -0.193. The van der Waals surface area contributed by atoms with Crippen molar-refractivity contribution in [2.75, 3.05) is 25.0 Å². The molecule has 0 aliphatic carbocycles. The summed E-state index contributed by atoms with van der Waals surface area (Å²) in [7, 11) is 0. The van der Waals surface area contributed by atoms with Crippen LogP contribution in [0.4, 0.5) is 10.1 Å². The van der Waals surface area contributed by atoms with E-state index in [-0.39, 0.29) is 11.7 Å². The molecule has 0 spiro atoms. The van der Waals surface area contributed by atoms with Crippen LogP contribution in [-0.2, 0) is 4.79 Å². The molecule has 0 bridgehead atoms. The van der Waals surface area contributed by atoms with Crippen molar-refractivity contribution in [3.05, 3.63) is 59.7 Å². The number of quaternary nitrogens is 1. The third-order valence-electron chi connectivity index (χ3n) is 5.75. The zero-order valence-electron chi connectivity index (χ0n) is 16.3. The summed E-state index contributed by atoms with van der Waals surface area (Å²) in [5.41, 5.74) is 4.78. The van der Waals surface area contributed by atoms with Crippen LogP contribution < -0.4 is 10.2 Å². The lowest BCUT2D eigenvalue weighted by molar-refractivity contribution is -0.897. The summed E-state index contributed by atoms with van der Waals surface area (Å²) in [6, 6.07) is 11.1. The molecule has 1 amide bonds. The van der Waals surface area contributed by atoms with Crippen LogP contribution >= 0.6 is 0 Å². The molecule has 3 aromatic rings. The van der Waals surface area contributed by atoms with Crippen LogP contribution in [0.5, 0.6) is 0 Å². The molecule has 4 rings (SSSR count). The van der Waals surface area contributed by atoms with Crippen LogP contribution in [0.1, 0.15) is 30.0 Å². The minimum atomic E-state index is -0.257. The number of carbonyl (C=O) groups excluding carboxylic acids is 1. The van der Waals surface area contributed by atoms with E-state index in [0.717, 1.165) is 48.3 Å². The summed E-state index contributed by atoms with van der Waals surface area (Å²) in [5, 5.41) is 3.08. The SMILES string of the molecule is Cc1cccc(C)c1NC(=O)C[NH+]1CCC(n2cnc3cc(F)ccc32)CC1. The van der Waals surface area contributed by atoms with E-state index in [1.807, 2.05) is 38.4 Å². The van der Waals surface area contributed by atoms with Crippen molar-refractivity contribution in [2.45, 2.75) is 32.7 Å². The predicted octanol–water partition coefficient (Wildman–Crippen LogP) is 2.65. The Labute approximate surface area is 164 Å². The van der Waals surface area contributed by atoms with E-state index in [9.17, 15) is 9.18 Å². The van der Waals surface area contributed by atoms with Gasteiger partial charge in [0.05, 0.1) is 30.5 Å². The smallest absolute Gasteiger partial charge is 0.279 e. The van der Waals surface area contributed by atoms with Crippen LogP contribution in [-0.4, -0.2) is 35.1 Å². The second-order valence-electron chi connectivity index (χ2n) is 7.76. The summed E-state index contributed by atoms with van der Waals surface area (Å²) in [6.45, 7) is 6.39. The van der Waals surface area contributed by atoms with Crippen LogP contribution in [0.2, 0.25) is 0 Å². The third kappa shape index (κ3) is 3.78. The van der Waals surface area contributed by atoms with E-state index in [1.165, 1.54) is 17.0 Å². The number of amides is 1. The second kappa shape index (κ2) is 7.72. The molecular formula is C22H26FN4O+. The number of benzene rings is 2. The number of fused-ring (bicyclic) bond motifs is 1. The Morgan fingerprint density at radius 3 is 2.64 bits per heavy atom. The number of likely N-dealkylation sites (tertiary alicyclic amines) is 1. The van der Waals surface area contributed by atoms with Gasteiger partial charge in [0.15, 0.2) is 6.54 Å². The van der Waals surface area contributed by atoms with Gasteiger partial charge in [0.25, 0.3) is 5.91 Å². The molecule has 2 aromatic carbocycles. The maximum atomic E-state index is 13.4. The van der Waals surface area contributed by atoms with Gasteiger partial charge in [-0.05, 0) is 37.1 Å². The average Bonchev–Trinajstić information content (AvgIpc) is 3.08. The zero-order chi connectivity index (χ0) is 19.7. The average molecular weight is 381 g/mol. The Morgan fingerprint density at radius 1 is 1.21 bits per heavy atom. The van der Waals surface area contributed by atoms with Crippen LogP contribution in [0.25, 0.3) is 11.0 Å². The highest BCUT2D eigenvalue weighted by Crippen LogP contribution is 2.24. The van der Waals surface area contributed by atoms with Gasteiger partial charge in [-0.15, -0.1) is 0 Å². The Balaban J connectivity index is 1.35. The summed E-state index contributed by atoms with van der Waals surface area (Å²) in [4.78, 5) is 18.2. The van der Waals surface area contributed by atoms with Gasteiger partial charge in [0.2, 0.25) is 0 Å². The molecule has 0 atom stereocenters. The maximum Gasteiger partial charge on any atom is 0.279 e. The number of aryl methyl sites for hydroxylation is 2. The van der Waals surface area contributed by atoms with Crippen molar-refractivity contribution in [1.29, 1.82) is 0 Å². The number of para-hydroxylation sites is 1. The lowest BCUT2D eigenvalue weighted by Gasteiger charge is -2.30. The minimum absolute atomic E-state index is 0.0643. The van der Waals surface area contributed by atoms with Gasteiger partial charge >= 0.3 is 0 Å². The molecule has 1 fully saturated rings. The molecule has 1 aliphatic heterocycles. The van der Waals surface area contributed by atoms with E-state index in [0.29, 0.717) is 18.1 Å². The zero-order valence-corrected chi connectivity index (χ0v) is 16.3. The van der Waals surface area contributed by atoms with E-state index in [2.05, 4.69) is 14.9 Å². The van der Waals surface area contributed by atoms with Gasteiger partial charge in [-0.25, -0.2) is 9.37 Å². The summed E-state index contributed by atoms with van der Waals surface area (Å²) in [6.07, 6.45) is 3.77. The topological polar surface area (TPSA) is 51.4 Å². The molecular weight excluding hydrogens is 355 g/mol. The number of carbonyl (C=O) groups is 1. The molecule has 5 nitrogen and oxygen atoms in total. The summed E-state index contributed by atoms with van der Waals surface area (Å²) < 4.78 is 15.5. The van der Waals surface area contributed by atoms with E-state index < -0.39 is 0 Å². The first-order valence-electron chi connectivity index (χ1n) is 9.83. The fourth-order valence-electron chi connectivity index (χ4n) is 4.18. The highest BCUT2D eigenvalue weighted by atomic mass is 19.1. The minimum Gasteiger partial charge on any atom is -0.327 e. The number of nitrogens with zero attached hydrogens (tertiary/aromatic N) is 2. The Morgan fingerprint density at radius 2 is 1.93 bits per heavy atom. The fraction of sp³-hybridized carbons (Fsp3) is 0.364. The number of imidazole rings is 1. The van der Waals surface area contributed by atoms with Gasteiger partial charge in [-0.2, -0.15) is 0 Å². The number of nitrogens with one attached hydrogen (secondary N) is 2. The molecule has 146 valence electrons. The molecule has 1 saturated heterocycles. The molecule has 0 unspecified atom stereocenters. The molecule has 0 radical (unpaired) electrons. The molecule has 0 saturated carbocycles. The van der Waals surface area contributed by atoms with Gasteiger partial charge in [0, 0.05) is 30.6 Å². The van der Waals surface area contributed by atoms with Crippen LogP contribution in [0.15, 0.2) is 42.7 Å². The molecule has 2 heterocycles. The number of piperidine rings is 1. The number of aromatic nitrogens is 2. The number of halogens is 1. The Hall–Kier alpha value is -2.73. The van der Waals surface area contributed by atoms with E-state index >= 15 is 0 Å². The van der Waals surface area contributed by atoms with Crippen molar-refractivity contribution >= 4 is 22.6 Å². The molecule has 6 heteroatoms. The first kappa shape index (κ1) is 18.6. The Kier molecular flexibility index (Phi) is 5.13. The lowest BCUT2D eigenvalue weighted by atomic mass is 10.0. The lowest BCUT2D eigenvalue weighted by Crippen LogP contribution is -3.14. The highest BCUT2D eigenvalue weighted by molar-refractivity contribution is 5.93. The normalized spacial score (nSPS) is 19.7. The standard InChI is InChI=1S/C22H25FN4O/c1-15-4-3-5-16(2)22(15)25-21(28)13-26-10-8-18(9-11-26)27-14-24-19-12-17(23)6-7-20(19)27/h3-7,12,14,18H,8-11,13H2,1-2H3,(H,25,28)/p+1. The van der Waals surface area contributed by atoms with Gasteiger partial charge in [0.1, 0.15) is 5.82 Å². The van der Waals surface area contributed by atoms with Crippen molar-refractivity contribution in [3.63, 3.8) is 0 Å². The maximum absolute atomic E-state index is 13.4. The van der Waals surface area contributed by atoms with Crippen molar-refractivity contribution in [2.24, 2.45) is 0 Å². The van der Waals surface area contributed by atoms with Gasteiger partial charge in [-0.1, -0.05) is 18.2 Å². The summed E-state index contributed by atoms with van der Waals surface area (Å²) >= 11 is 0. The predicted molar refractivity (Wildman–Crippen MR) is 108 cm³/mol. The monoisotopic (exact) mass is 381 g/mol. The molecule has 1 aliphatic rings. The number of anilines is 1. The molecule has 28 heavy (non-hydrogen) atoms. The molecule has 2 N–H and O–H groups in total. The van der Waals surface area contributed by atoms with Gasteiger partial charge < -0.3 is 14.8 Å². The van der Waals surface area contributed by atoms with Crippen molar-refractivity contribution in [1.82, 2.24) is 9.55 Å². The van der Waals surface area contributed by atoms with E-state index in [1.54, 1.807) is 6.07 Å². The number of hydrogen-bond donors (Lipinski definition) is 2. The Bertz CT molecular complexity index is 985. The van der Waals surface area contributed by atoms with Crippen LogP contribution in [0.3, 0.4) is 0 Å². The fourth-order valence-corrected chi connectivity index (χ4v) is 4.18. The van der Waals surface area contributed by atoms with Crippen molar-refractivity contribution in [3.8, 4) is 0 Å². The first-order chi connectivity index (χ1) is 13.5. The second-order valence-corrected chi connectivity index (χ2v) is 7.76. The first-order valence-corrected chi connectivity index (χ1v) is 9.83. The highest BCUT2D eigenvalue weighted by Gasteiger charge is 2.26. The third-order valence-corrected chi connectivity index (χ3v) is 5.75. The quantitative estimate of drug-likeness (QED) is 0.730. The molecule has 1 aromatic heterocycles. The van der Waals surface area contributed by atoms with Crippen LogP contribution in [0, 0.1) is 19.7 Å². The van der Waals surface area contributed by atoms with Crippen molar-refractivity contribution < 1.29 is 14.1 Å². The largest absolute Gasteiger partial charge is 0.327 e. The van der Waals surface area contributed by atoms with E-state index in [4.69, 9.17) is 0 Å². The van der Waals surface area contributed by atoms with Gasteiger partial charge in [-0.3, -0.25) is 4.79 Å².